The third-order valence-electron chi connectivity index (χ3n) is 4.55. The predicted molar refractivity (Wildman–Crippen MR) is 98.1 cm³/mol. The first-order valence-electron chi connectivity index (χ1n) is 9.08. The van der Waals surface area contributed by atoms with Crippen LogP contribution in [0.25, 0.3) is 0 Å². The molecular weight excluding hydrogens is 351 g/mol. The lowest BCUT2D eigenvalue weighted by molar-refractivity contribution is 0.247. The van der Waals surface area contributed by atoms with E-state index in [1.807, 2.05) is 0 Å². The van der Waals surface area contributed by atoms with Crippen molar-refractivity contribution in [3.05, 3.63) is 47.8 Å². The summed E-state index contributed by atoms with van der Waals surface area (Å²) in [6.07, 6.45) is 2.26. The number of anilines is 1. The second-order valence-electron chi connectivity index (χ2n) is 6.54. The molecular formula is C20H21FN2O4. The van der Waals surface area contributed by atoms with E-state index in [-0.39, 0.29) is 17.9 Å². The molecule has 142 valence electrons. The van der Waals surface area contributed by atoms with Gasteiger partial charge in [0.2, 0.25) is 0 Å². The molecule has 0 fully saturated rings. The number of amides is 2. The van der Waals surface area contributed by atoms with E-state index in [1.54, 1.807) is 24.3 Å². The summed E-state index contributed by atoms with van der Waals surface area (Å²) in [5.74, 6) is 1.54. The Morgan fingerprint density at radius 3 is 2.56 bits per heavy atom. The molecule has 2 aliphatic heterocycles. The number of benzene rings is 2. The van der Waals surface area contributed by atoms with Gasteiger partial charge in [-0.15, -0.1) is 0 Å². The third-order valence-corrected chi connectivity index (χ3v) is 4.55. The summed E-state index contributed by atoms with van der Waals surface area (Å²) < 4.78 is 30.5. The lowest BCUT2D eigenvalue weighted by Gasteiger charge is -2.19. The molecule has 1 atom stereocenters. The van der Waals surface area contributed by atoms with Crippen LogP contribution in [0, 0.1) is 5.82 Å². The second kappa shape index (κ2) is 7.73. The normalized spacial score (nSPS) is 18.3. The molecule has 0 radical (unpaired) electrons. The van der Waals surface area contributed by atoms with Gasteiger partial charge in [-0.3, -0.25) is 0 Å². The molecule has 2 aromatic rings. The van der Waals surface area contributed by atoms with Gasteiger partial charge in [-0.25, -0.2) is 9.18 Å². The van der Waals surface area contributed by atoms with Gasteiger partial charge in [0.25, 0.3) is 0 Å². The van der Waals surface area contributed by atoms with E-state index >= 15 is 0 Å². The van der Waals surface area contributed by atoms with Crippen LogP contribution in [0.4, 0.5) is 14.9 Å². The van der Waals surface area contributed by atoms with Gasteiger partial charge in [0.15, 0.2) is 11.5 Å². The summed E-state index contributed by atoms with van der Waals surface area (Å²) in [4.78, 5) is 12.5. The number of ether oxygens (including phenoxy) is 3. The van der Waals surface area contributed by atoms with Gasteiger partial charge in [0.1, 0.15) is 11.6 Å². The van der Waals surface area contributed by atoms with Crippen molar-refractivity contribution in [2.75, 3.05) is 25.1 Å². The monoisotopic (exact) mass is 372 g/mol. The Bertz CT molecular complexity index is 843. The largest absolute Gasteiger partial charge is 0.493 e. The zero-order valence-electron chi connectivity index (χ0n) is 14.8. The van der Waals surface area contributed by atoms with Crippen molar-refractivity contribution in [1.82, 2.24) is 5.32 Å². The van der Waals surface area contributed by atoms with Gasteiger partial charge in [-0.2, -0.15) is 0 Å². The van der Waals surface area contributed by atoms with Crippen molar-refractivity contribution in [1.29, 1.82) is 0 Å². The van der Waals surface area contributed by atoms with Crippen LogP contribution in [0.2, 0.25) is 0 Å². The van der Waals surface area contributed by atoms with E-state index in [2.05, 4.69) is 10.6 Å². The average molecular weight is 372 g/mol. The molecule has 6 nitrogen and oxygen atoms in total. The zero-order valence-corrected chi connectivity index (χ0v) is 14.8. The van der Waals surface area contributed by atoms with Crippen LogP contribution in [0.5, 0.6) is 17.2 Å². The third kappa shape index (κ3) is 4.07. The molecule has 2 aromatic carbocycles. The van der Waals surface area contributed by atoms with Gasteiger partial charge in [0, 0.05) is 23.7 Å². The minimum atomic E-state index is -0.369. The van der Waals surface area contributed by atoms with Crippen molar-refractivity contribution in [3.8, 4) is 17.2 Å². The second-order valence-corrected chi connectivity index (χ2v) is 6.54. The van der Waals surface area contributed by atoms with Gasteiger partial charge >= 0.3 is 6.03 Å². The molecule has 0 saturated carbocycles. The highest BCUT2D eigenvalue weighted by molar-refractivity contribution is 5.90. The van der Waals surface area contributed by atoms with Crippen molar-refractivity contribution in [2.45, 2.75) is 25.3 Å². The van der Waals surface area contributed by atoms with Gasteiger partial charge < -0.3 is 24.8 Å². The van der Waals surface area contributed by atoms with E-state index in [4.69, 9.17) is 14.2 Å². The summed E-state index contributed by atoms with van der Waals surface area (Å²) in [6.45, 7) is 1.73. The Morgan fingerprint density at radius 1 is 0.926 bits per heavy atom. The highest BCUT2D eigenvalue weighted by atomic mass is 19.1. The molecule has 7 heteroatoms. The minimum Gasteiger partial charge on any atom is -0.493 e. The number of carbonyl (C=O) groups excluding carboxylic acids is 1. The molecule has 2 N–H and O–H groups in total. The summed E-state index contributed by atoms with van der Waals surface area (Å²) >= 11 is 0. The number of hydrogen-bond donors (Lipinski definition) is 2. The van der Waals surface area contributed by atoms with Crippen LogP contribution in [-0.2, 0) is 0 Å². The van der Waals surface area contributed by atoms with Crippen molar-refractivity contribution in [2.24, 2.45) is 0 Å². The maximum absolute atomic E-state index is 13.7. The van der Waals surface area contributed by atoms with Crippen LogP contribution in [-0.4, -0.2) is 25.9 Å². The van der Waals surface area contributed by atoms with Crippen LogP contribution < -0.4 is 24.8 Å². The summed E-state index contributed by atoms with van der Waals surface area (Å²) in [5, 5.41) is 5.72. The molecule has 0 aromatic heterocycles. The van der Waals surface area contributed by atoms with E-state index in [1.165, 1.54) is 12.1 Å². The van der Waals surface area contributed by atoms with E-state index < -0.39 is 0 Å². The summed E-state index contributed by atoms with van der Waals surface area (Å²) in [5.41, 5.74) is 1.25. The van der Waals surface area contributed by atoms with Gasteiger partial charge in [-0.1, -0.05) is 0 Å². The molecule has 0 unspecified atom stereocenters. The predicted octanol–water partition coefficient (Wildman–Crippen LogP) is 4.02. The Morgan fingerprint density at radius 2 is 1.67 bits per heavy atom. The van der Waals surface area contributed by atoms with Crippen LogP contribution in [0.1, 0.15) is 30.9 Å². The standard InChI is InChI=1S/C20H21FN2O4/c21-13-4-6-17-15(11-13)16(3-1-8-25-17)23-20(24)22-14-5-7-18-19(12-14)27-10-2-9-26-18/h4-7,11-12,16H,1-3,8-10H2,(H2,22,23,24)/t16-/m1/s1. The van der Waals surface area contributed by atoms with Gasteiger partial charge in [0.05, 0.1) is 25.9 Å². The number of rotatable bonds is 2. The fraction of sp³-hybridized carbons (Fsp3) is 0.350. The maximum atomic E-state index is 13.7. The van der Waals surface area contributed by atoms with Gasteiger partial charge in [-0.05, 0) is 43.2 Å². The Hall–Kier alpha value is -2.96. The van der Waals surface area contributed by atoms with E-state index in [9.17, 15) is 9.18 Å². The first kappa shape index (κ1) is 17.5. The number of nitrogens with one attached hydrogen (secondary N) is 2. The molecule has 0 saturated heterocycles. The average Bonchev–Trinajstić information content (AvgIpc) is 3.00. The van der Waals surface area contributed by atoms with Crippen molar-refractivity contribution in [3.63, 3.8) is 0 Å². The molecule has 2 amide bonds. The van der Waals surface area contributed by atoms with Crippen molar-refractivity contribution >= 4 is 11.7 Å². The molecule has 2 heterocycles. The highest BCUT2D eigenvalue weighted by Gasteiger charge is 2.22. The Kier molecular flexibility index (Phi) is 5.00. The summed E-state index contributed by atoms with van der Waals surface area (Å²) in [6, 6.07) is 8.97. The molecule has 27 heavy (non-hydrogen) atoms. The molecule has 0 spiro atoms. The SMILES string of the molecule is O=C(Nc1ccc2c(c1)OCCCO2)N[C@@H]1CCCOc2ccc(F)cc21. The smallest absolute Gasteiger partial charge is 0.319 e. The lowest BCUT2D eigenvalue weighted by atomic mass is 10.0. The molecule has 0 aliphatic carbocycles. The molecule has 4 rings (SSSR count). The number of fused-ring (bicyclic) bond motifs is 2. The molecule has 0 bridgehead atoms. The Labute approximate surface area is 156 Å². The van der Waals surface area contributed by atoms with Crippen LogP contribution in [0.15, 0.2) is 36.4 Å². The quantitative estimate of drug-likeness (QED) is 0.835. The minimum absolute atomic E-state index is 0.321. The first-order valence-corrected chi connectivity index (χ1v) is 9.08. The fourth-order valence-electron chi connectivity index (χ4n) is 3.26. The summed E-state index contributed by atoms with van der Waals surface area (Å²) in [7, 11) is 0. The fourth-order valence-corrected chi connectivity index (χ4v) is 3.26. The Balaban J connectivity index is 1.47. The number of carbonyl (C=O) groups is 1. The molecule has 2 aliphatic rings. The lowest BCUT2D eigenvalue weighted by Crippen LogP contribution is -2.32. The van der Waals surface area contributed by atoms with Crippen LogP contribution in [0.3, 0.4) is 0 Å². The first-order chi connectivity index (χ1) is 13.2. The zero-order chi connectivity index (χ0) is 18.6. The van der Waals surface area contributed by atoms with E-state index in [0.717, 1.165) is 12.8 Å². The van der Waals surface area contributed by atoms with Crippen LogP contribution >= 0.6 is 0 Å². The maximum Gasteiger partial charge on any atom is 0.319 e. The number of halogens is 1. The number of hydrogen-bond acceptors (Lipinski definition) is 4. The topological polar surface area (TPSA) is 68.8 Å². The van der Waals surface area contributed by atoms with Crippen molar-refractivity contribution < 1.29 is 23.4 Å². The van der Waals surface area contributed by atoms with E-state index in [0.29, 0.717) is 54.7 Å². The highest BCUT2D eigenvalue weighted by Crippen LogP contribution is 2.33. The number of urea groups is 1.